The van der Waals surface area contributed by atoms with Crippen LogP contribution in [0.25, 0.3) is 0 Å². The number of amides is 1. The van der Waals surface area contributed by atoms with Crippen LogP contribution in [0, 0.1) is 17.5 Å². The Morgan fingerprint density at radius 2 is 1.58 bits per heavy atom. The van der Waals surface area contributed by atoms with Crippen molar-refractivity contribution in [3.05, 3.63) is 28.6 Å². The van der Waals surface area contributed by atoms with Crippen LogP contribution in [-0.2, 0) is 10.0 Å². The molecule has 0 spiro atoms. The molecule has 0 atom stereocenters. The van der Waals surface area contributed by atoms with E-state index in [4.69, 9.17) is 10.9 Å². The topological polar surface area (TPSA) is 103 Å². The Morgan fingerprint density at radius 3 is 1.89 bits per heavy atom. The molecule has 0 unspecified atom stereocenters. The maximum Gasteiger partial charge on any atom is 0.253 e. The minimum absolute atomic E-state index is 0.713. The minimum Gasteiger partial charge on any atom is -0.365 e. The molecule has 0 fully saturated rings. The van der Waals surface area contributed by atoms with E-state index in [2.05, 4.69) is 0 Å². The second-order valence-electron chi connectivity index (χ2n) is 4.12. The summed E-state index contributed by atoms with van der Waals surface area (Å²) >= 11 is 0. The fraction of sp³-hybridized carbons (Fsp3) is 0.300. The molecule has 1 amide bonds. The van der Waals surface area contributed by atoms with Crippen molar-refractivity contribution in [3.8, 4) is 0 Å². The van der Waals surface area contributed by atoms with E-state index in [1.165, 1.54) is 13.8 Å². The molecule has 1 rings (SSSR count). The molecule has 0 saturated carbocycles. The highest BCUT2D eigenvalue weighted by molar-refractivity contribution is 7.89. The van der Waals surface area contributed by atoms with Crippen molar-refractivity contribution >= 4 is 15.9 Å². The highest BCUT2D eigenvalue weighted by atomic mass is 32.2. The van der Waals surface area contributed by atoms with Gasteiger partial charge in [-0.3, -0.25) is 4.79 Å². The Labute approximate surface area is 107 Å². The molecular weight excluding hydrogens is 285 g/mol. The van der Waals surface area contributed by atoms with E-state index in [1.807, 2.05) is 0 Å². The lowest BCUT2D eigenvalue weighted by Gasteiger charge is -2.16. The van der Waals surface area contributed by atoms with E-state index in [0.29, 0.717) is 0 Å². The van der Waals surface area contributed by atoms with Gasteiger partial charge in [-0.25, -0.2) is 26.7 Å². The number of rotatable bonds is 3. The fourth-order valence-electron chi connectivity index (χ4n) is 1.69. The summed E-state index contributed by atoms with van der Waals surface area (Å²) in [6, 6.07) is 0. The van der Waals surface area contributed by atoms with Crippen molar-refractivity contribution in [1.82, 2.24) is 0 Å². The van der Waals surface area contributed by atoms with Crippen LogP contribution in [0.3, 0.4) is 0 Å². The number of primary amides is 1. The second kappa shape index (κ2) is 4.82. The number of halogens is 3. The predicted octanol–water partition coefficient (Wildman–Crippen LogP) is 0.974. The van der Waals surface area contributed by atoms with Gasteiger partial charge in [0.1, 0.15) is 4.90 Å². The average molecular weight is 296 g/mol. The molecular formula is C10H11F3N2O3S. The highest BCUT2D eigenvalue weighted by Gasteiger charge is 2.33. The maximum absolute atomic E-state index is 13.7. The number of primary sulfonamides is 1. The van der Waals surface area contributed by atoms with Gasteiger partial charge in [-0.1, -0.05) is 13.8 Å². The van der Waals surface area contributed by atoms with Crippen LogP contribution in [0.2, 0.25) is 0 Å². The summed E-state index contributed by atoms with van der Waals surface area (Å²) in [5, 5.41) is 4.83. The van der Waals surface area contributed by atoms with Gasteiger partial charge in [-0.15, -0.1) is 0 Å². The van der Waals surface area contributed by atoms with Gasteiger partial charge in [-0.2, -0.15) is 0 Å². The van der Waals surface area contributed by atoms with Crippen molar-refractivity contribution in [2.24, 2.45) is 10.9 Å². The molecule has 0 radical (unpaired) electrons. The van der Waals surface area contributed by atoms with Crippen LogP contribution >= 0.6 is 0 Å². The molecule has 1 aromatic rings. The van der Waals surface area contributed by atoms with Crippen molar-refractivity contribution in [2.75, 3.05) is 0 Å². The number of carbonyl (C=O) groups excluding carboxylic acids is 1. The summed E-state index contributed by atoms with van der Waals surface area (Å²) in [4.78, 5) is 9.98. The van der Waals surface area contributed by atoms with Crippen molar-refractivity contribution < 1.29 is 26.4 Å². The quantitative estimate of drug-likeness (QED) is 0.812. The summed E-state index contributed by atoms with van der Waals surface area (Å²) in [7, 11) is -4.66. The van der Waals surface area contributed by atoms with Gasteiger partial charge in [0, 0.05) is 5.56 Å². The van der Waals surface area contributed by atoms with Crippen molar-refractivity contribution in [1.29, 1.82) is 0 Å². The summed E-state index contributed by atoms with van der Waals surface area (Å²) in [6.45, 7) is 2.66. The lowest BCUT2D eigenvalue weighted by Crippen LogP contribution is -2.26. The smallest absolute Gasteiger partial charge is 0.253 e. The van der Waals surface area contributed by atoms with Gasteiger partial charge in [0.05, 0.1) is 5.56 Å². The summed E-state index contributed by atoms with van der Waals surface area (Å²) in [5.41, 5.74) is 2.83. The average Bonchev–Trinajstić information content (AvgIpc) is 2.22. The first-order chi connectivity index (χ1) is 8.50. The molecule has 0 aliphatic rings. The Kier molecular flexibility index (Phi) is 3.92. The summed E-state index contributed by atoms with van der Waals surface area (Å²) in [6.07, 6.45) is 0. The molecule has 0 aromatic heterocycles. The Hall–Kier alpha value is -1.61. The Balaban J connectivity index is 4.10. The molecule has 0 bridgehead atoms. The summed E-state index contributed by atoms with van der Waals surface area (Å²) < 4.78 is 63.3. The number of sulfonamides is 1. The third-order valence-corrected chi connectivity index (χ3v) is 3.41. The van der Waals surface area contributed by atoms with Crippen molar-refractivity contribution in [2.45, 2.75) is 24.7 Å². The molecule has 5 nitrogen and oxygen atoms in total. The standard InChI is InChI=1S/C10H11F3N2O3S/c1-3(2)4-6(11)8(13)7(12)5(10(14)16)9(4)19(15,17)18/h3H,1-2H3,(H2,14,16)(H2,15,17,18). The Morgan fingerprint density at radius 1 is 1.11 bits per heavy atom. The molecule has 0 saturated heterocycles. The molecule has 0 heterocycles. The van der Waals surface area contributed by atoms with Crippen molar-refractivity contribution in [3.63, 3.8) is 0 Å². The SMILES string of the molecule is CC(C)c1c(F)c(F)c(F)c(C(N)=O)c1S(N)(=O)=O. The number of hydrogen-bond donors (Lipinski definition) is 2. The minimum atomic E-state index is -4.66. The largest absolute Gasteiger partial charge is 0.365 e. The van der Waals surface area contributed by atoms with Crippen LogP contribution in [0.4, 0.5) is 13.2 Å². The molecule has 0 aliphatic carbocycles. The molecule has 9 heteroatoms. The molecule has 19 heavy (non-hydrogen) atoms. The summed E-state index contributed by atoms with van der Waals surface area (Å²) in [5.74, 6) is -8.06. The van der Waals surface area contributed by atoms with E-state index >= 15 is 0 Å². The third-order valence-electron chi connectivity index (χ3n) is 2.42. The predicted molar refractivity (Wildman–Crippen MR) is 60.3 cm³/mol. The zero-order valence-electron chi connectivity index (χ0n) is 10.00. The van der Waals surface area contributed by atoms with Gasteiger partial charge in [0.15, 0.2) is 17.5 Å². The van der Waals surface area contributed by atoms with E-state index in [-0.39, 0.29) is 0 Å². The highest BCUT2D eigenvalue weighted by Crippen LogP contribution is 2.32. The van der Waals surface area contributed by atoms with Crippen LogP contribution in [0.1, 0.15) is 35.7 Å². The van der Waals surface area contributed by atoms with E-state index in [0.717, 1.165) is 0 Å². The first-order valence-corrected chi connectivity index (χ1v) is 6.57. The van der Waals surface area contributed by atoms with Gasteiger partial charge in [0.25, 0.3) is 5.91 Å². The first kappa shape index (κ1) is 15.4. The zero-order chi connectivity index (χ0) is 15.1. The zero-order valence-corrected chi connectivity index (χ0v) is 10.8. The van der Waals surface area contributed by atoms with Crippen LogP contribution < -0.4 is 10.9 Å². The molecule has 4 N–H and O–H groups in total. The van der Waals surface area contributed by atoms with Gasteiger partial charge in [-0.05, 0) is 5.92 Å². The second-order valence-corrected chi connectivity index (χ2v) is 5.62. The van der Waals surface area contributed by atoms with Gasteiger partial charge >= 0.3 is 0 Å². The van der Waals surface area contributed by atoms with Gasteiger partial charge in [0.2, 0.25) is 10.0 Å². The first-order valence-electron chi connectivity index (χ1n) is 5.03. The number of hydrogen-bond acceptors (Lipinski definition) is 3. The fourth-order valence-corrected chi connectivity index (χ4v) is 2.80. The van der Waals surface area contributed by atoms with E-state index in [1.54, 1.807) is 0 Å². The third kappa shape index (κ3) is 2.56. The molecule has 1 aromatic carbocycles. The maximum atomic E-state index is 13.7. The van der Waals surface area contributed by atoms with Crippen LogP contribution in [-0.4, -0.2) is 14.3 Å². The lowest BCUT2D eigenvalue weighted by molar-refractivity contribution is 0.0991. The molecule has 0 aliphatic heterocycles. The van der Waals surface area contributed by atoms with Crippen LogP contribution in [0.15, 0.2) is 4.90 Å². The number of nitrogens with two attached hydrogens (primary N) is 2. The van der Waals surface area contributed by atoms with E-state index < -0.39 is 55.3 Å². The molecule has 106 valence electrons. The monoisotopic (exact) mass is 296 g/mol. The normalized spacial score (nSPS) is 11.9. The lowest BCUT2D eigenvalue weighted by atomic mass is 9.98. The number of benzene rings is 1. The van der Waals surface area contributed by atoms with Crippen LogP contribution in [0.5, 0.6) is 0 Å². The Bertz CT molecular complexity index is 657. The number of carbonyl (C=O) groups is 1. The van der Waals surface area contributed by atoms with E-state index in [9.17, 15) is 26.4 Å². The van der Waals surface area contributed by atoms with Gasteiger partial charge < -0.3 is 5.73 Å².